The van der Waals surface area contributed by atoms with E-state index in [4.69, 9.17) is 10.5 Å². The lowest BCUT2D eigenvalue weighted by Gasteiger charge is -2.12. The molecule has 1 aromatic heterocycles. The molecule has 0 amide bonds. The average Bonchev–Trinajstić information content (AvgIpc) is 2.82. The molecule has 16 heavy (non-hydrogen) atoms. The molecule has 2 rings (SSSR count). The Labute approximate surface area is 97.5 Å². The molecule has 84 valence electrons. The first kappa shape index (κ1) is 11.1. The second-order valence-electron chi connectivity index (χ2n) is 3.36. The zero-order valence-electron chi connectivity index (χ0n) is 8.81. The third kappa shape index (κ3) is 1.94. The smallest absolute Gasteiger partial charge is 0.170 e. The second-order valence-corrected chi connectivity index (χ2v) is 4.34. The maximum absolute atomic E-state index is 13.9. The summed E-state index contributed by atoms with van der Waals surface area (Å²) in [5, 5.41) is 1.92. The Morgan fingerprint density at radius 3 is 2.75 bits per heavy atom. The Bertz CT molecular complexity index is 470. The van der Waals surface area contributed by atoms with E-state index in [0.29, 0.717) is 5.56 Å². The van der Waals surface area contributed by atoms with Gasteiger partial charge in [0.2, 0.25) is 0 Å². The van der Waals surface area contributed by atoms with Gasteiger partial charge in [0.15, 0.2) is 11.6 Å². The molecule has 0 aliphatic rings. The molecule has 2 nitrogen and oxygen atoms in total. The van der Waals surface area contributed by atoms with Crippen LogP contribution < -0.4 is 10.5 Å². The van der Waals surface area contributed by atoms with Crippen LogP contribution in [0.3, 0.4) is 0 Å². The number of hydrogen-bond donors (Lipinski definition) is 1. The maximum atomic E-state index is 13.9. The SMILES string of the molecule is COc1cccc([C@@H](N)c2cccs2)c1F. The van der Waals surface area contributed by atoms with Gasteiger partial charge >= 0.3 is 0 Å². The number of benzene rings is 1. The predicted octanol–water partition coefficient (Wildman–Crippen LogP) is 2.94. The number of methoxy groups -OCH3 is 1. The van der Waals surface area contributed by atoms with E-state index in [1.165, 1.54) is 18.4 Å². The van der Waals surface area contributed by atoms with Gasteiger partial charge in [-0.15, -0.1) is 11.3 Å². The minimum absolute atomic E-state index is 0.226. The second kappa shape index (κ2) is 4.63. The van der Waals surface area contributed by atoms with Crippen LogP contribution in [0.1, 0.15) is 16.5 Å². The van der Waals surface area contributed by atoms with Crippen molar-refractivity contribution in [1.82, 2.24) is 0 Å². The number of nitrogens with two attached hydrogens (primary N) is 1. The highest BCUT2D eigenvalue weighted by Gasteiger charge is 2.17. The molecule has 0 radical (unpaired) electrons. The van der Waals surface area contributed by atoms with Gasteiger partial charge < -0.3 is 10.5 Å². The third-order valence-electron chi connectivity index (χ3n) is 2.40. The zero-order chi connectivity index (χ0) is 11.5. The van der Waals surface area contributed by atoms with E-state index < -0.39 is 6.04 Å². The molecule has 1 heterocycles. The first-order valence-electron chi connectivity index (χ1n) is 4.85. The van der Waals surface area contributed by atoms with Gasteiger partial charge in [-0.1, -0.05) is 18.2 Å². The lowest BCUT2D eigenvalue weighted by Crippen LogP contribution is -2.12. The molecule has 2 N–H and O–H groups in total. The van der Waals surface area contributed by atoms with E-state index in [-0.39, 0.29) is 11.6 Å². The van der Waals surface area contributed by atoms with Crippen molar-refractivity contribution in [2.24, 2.45) is 5.73 Å². The van der Waals surface area contributed by atoms with Crippen molar-refractivity contribution in [3.05, 3.63) is 52.0 Å². The molecule has 0 aliphatic carbocycles. The van der Waals surface area contributed by atoms with Gasteiger partial charge in [-0.05, 0) is 17.5 Å². The Hall–Kier alpha value is -1.39. The summed E-state index contributed by atoms with van der Waals surface area (Å²) >= 11 is 1.52. The molecule has 4 heteroatoms. The lowest BCUT2D eigenvalue weighted by molar-refractivity contribution is 0.383. The predicted molar refractivity (Wildman–Crippen MR) is 63.3 cm³/mol. The summed E-state index contributed by atoms with van der Waals surface area (Å²) < 4.78 is 18.8. The summed E-state index contributed by atoms with van der Waals surface area (Å²) in [6.45, 7) is 0. The average molecular weight is 237 g/mol. The summed E-state index contributed by atoms with van der Waals surface area (Å²) in [5.41, 5.74) is 6.46. The molecule has 0 spiro atoms. The van der Waals surface area contributed by atoms with Crippen LogP contribution in [0.15, 0.2) is 35.7 Å². The Kier molecular flexibility index (Phi) is 3.22. The minimum Gasteiger partial charge on any atom is -0.494 e. The van der Waals surface area contributed by atoms with E-state index in [9.17, 15) is 4.39 Å². The number of hydrogen-bond acceptors (Lipinski definition) is 3. The van der Waals surface area contributed by atoms with Crippen molar-refractivity contribution >= 4 is 11.3 Å². The fourth-order valence-corrected chi connectivity index (χ4v) is 2.29. The van der Waals surface area contributed by atoms with Crippen LogP contribution in [-0.2, 0) is 0 Å². The van der Waals surface area contributed by atoms with Gasteiger partial charge in [0.05, 0.1) is 13.2 Å². The Morgan fingerprint density at radius 2 is 2.12 bits per heavy atom. The van der Waals surface area contributed by atoms with E-state index in [1.54, 1.807) is 18.2 Å². The molecule has 0 unspecified atom stereocenters. The quantitative estimate of drug-likeness (QED) is 0.890. The largest absolute Gasteiger partial charge is 0.494 e. The van der Waals surface area contributed by atoms with Crippen LogP contribution in [-0.4, -0.2) is 7.11 Å². The third-order valence-corrected chi connectivity index (χ3v) is 3.35. The molecular formula is C12H12FNOS. The zero-order valence-corrected chi connectivity index (χ0v) is 9.63. The van der Waals surface area contributed by atoms with Crippen molar-refractivity contribution in [3.8, 4) is 5.75 Å². The Morgan fingerprint density at radius 1 is 1.31 bits per heavy atom. The van der Waals surface area contributed by atoms with Gasteiger partial charge in [0, 0.05) is 10.4 Å². The topological polar surface area (TPSA) is 35.2 Å². The highest BCUT2D eigenvalue weighted by Crippen LogP contribution is 2.29. The summed E-state index contributed by atoms with van der Waals surface area (Å²) in [7, 11) is 1.44. The normalized spacial score (nSPS) is 12.4. The van der Waals surface area contributed by atoms with Gasteiger partial charge in [0.25, 0.3) is 0 Å². The molecule has 1 atom stereocenters. The number of halogens is 1. The summed E-state index contributed by atoms with van der Waals surface area (Å²) in [6, 6.07) is 8.37. The summed E-state index contributed by atoms with van der Waals surface area (Å²) in [4.78, 5) is 0.937. The molecular weight excluding hydrogens is 225 g/mol. The highest BCUT2D eigenvalue weighted by molar-refractivity contribution is 7.10. The summed E-state index contributed by atoms with van der Waals surface area (Å²) in [6.07, 6.45) is 0. The van der Waals surface area contributed by atoms with Crippen LogP contribution in [0.4, 0.5) is 4.39 Å². The first-order valence-corrected chi connectivity index (χ1v) is 5.73. The van der Waals surface area contributed by atoms with E-state index >= 15 is 0 Å². The molecule has 0 saturated heterocycles. The molecule has 0 fully saturated rings. The summed E-state index contributed by atoms with van der Waals surface area (Å²) in [5.74, 6) is -0.157. The minimum atomic E-state index is -0.435. The number of thiophene rings is 1. The van der Waals surface area contributed by atoms with Crippen LogP contribution in [0.5, 0.6) is 5.75 Å². The fourth-order valence-electron chi connectivity index (χ4n) is 1.55. The van der Waals surface area contributed by atoms with Crippen LogP contribution in [0.2, 0.25) is 0 Å². The first-order chi connectivity index (χ1) is 7.74. The maximum Gasteiger partial charge on any atom is 0.170 e. The van der Waals surface area contributed by atoms with E-state index in [1.807, 2.05) is 17.5 Å². The van der Waals surface area contributed by atoms with Crippen molar-refractivity contribution in [2.45, 2.75) is 6.04 Å². The fraction of sp³-hybridized carbons (Fsp3) is 0.167. The van der Waals surface area contributed by atoms with Gasteiger partial charge in [-0.2, -0.15) is 0 Å². The van der Waals surface area contributed by atoms with Gasteiger partial charge in [-0.3, -0.25) is 0 Å². The van der Waals surface area contributed by atoms with Crippen molar-refractivity contribution in [3.63, 3.8) is 0 Å². The van der Waals surface area contributed by atoms with Crippen LogP contribution in [0.25, 0.3) is 0 Å². The number of rotatable bonds is 3. The Balaban J connectivity index is 2.41. The van der Waals surface area contributed by atoms with E-state index in [0.717, 1.165) is 4.88 Å². The standard InChI is InChI=1S/C12H12FNOS/c1-15-9-5-2-4-8(11(9)13)12(14)10-6-3-7-16-10/h2-7,12H,14H2,1H3/t12-/m1/s1. The van der Waals surface area contributed by atoms with Gasteiger partial charge in [-0.25, -0.2) is 4.39 Å². The van der Waals surface area contributed by atoms with Gasteiger partial charge in [0.1, 0.15) is 0 Å². The lowest BCUT2D eigenvalue weighted by atomic mass is 10.1. The number of ether oxygens (including phenoxy) is 1. The van der Waals surface area contributed by atoms with E-state index in [2.05, 4.69) is 0 Å². The van der Waals surface area contributed by atoms with Crippen LogP contribution >= 0.6 is 11.3 Å². The molecule has 2 aromatic rings. The molecule has 0 bridgehead atoms. The van der Waals surface area contributed by atoms with Crippen molar-refractivity contribution in [2.75, 3.05) is 7.11 Å². The van der Waals surface area contributed by atoms with Crippen molar-refractivity contribution < 1.29 is 9.13 Å². The molecule has 1 aromatic carbocycles. The van der Waals surface area contributed by atoms with Crippen molar-refractivity contribution in [1.29, 1.82) is 0 Å². The molecule has 0 saturated carbocycles. The highest BCUT2D eigenvalue weighted by atomic mass is 32.1. The molecule has 0 aliphatic heterocycles. The van der Waals surface area contributed by atoms with Crippen LogP contribution in [0, 0.1) is 5.82 Å². The monoisotopic (exact) mass is 237 g/mol.